The smallest absolute Gasteiger partial charge is 0.315 e. The third kappa shape index (κ3) is 2.86. The standard InChI is InChI=1S/C13H16FNO3/c14-11-3-1-2-10(6-11)4-5-15-7-13(12(16)17)8-18-9-13/h1-3,6,15H,4-5,7-9H2,(H,16,17). The lowest BCUT2D eigenvalue weighted by molar-refractivity contribution is -0.178. The average molecular weight is 253 g/mol. The van der Waals surface area contributed by atoms with Gasteiger partial charge in [-0.25, -0.2) is 4.39 Å². The van der Waals surface area contributed by atoms with E-state index >= 15 is 0 Å². The van der Waals surface area contributed by atoms with Gasteiger partial charge in [0.2, 0.25) is 0 Å². The Morgan fingerprint density at radius 1 is 1.50 bits per heavy atom. The normalized spacial score (nSPS) is 17.2. The molecule has 2 rings (SSSR count). The monoisotopic (exact) mass is 253 g/mol. The first-order valence-corrected chi connectivity index (χ1v) is 5.89. The third-order valence-electron chi connectivity index (χ3n) is 3.15. The number of hydrogen-bond acceptors (Lipinski definition) is 3. The van der Waals surface area contributed by atoms with E-state index in [4.69, 9.17) is 9.84 Å². The SMILES string of the molecule is O=C(O)C1(CNCCc2cccc(F)c2)COC1. The van der Waals surface area contributed by atoms with Gasteiger partial charge in [0.25, 0.3) is 0 Å². The van der Waals surface area contributed by atoms with Gasteiger partial charge in [0.15, 0.2) is 0 Å². The summed E-state index contributed by atoms with van der Waals surface area (Å²) in [5.74, 6) is -1.08. The van der Waals surface area contributed by atoms with Gasteiger partial charge >= 0.3 is 5.97 Å². The molecule has 1 heterocycles. The molecule has 0 unspecified atom stereocenters. The number of benzene rings is 1. The second-order valence-electron chi connectivity index (χ2n) is 4.63. The molecule has 4 nitrogen and oxygen atoms in total. The summed E-state index contributed by atoms with van der Waals surface area (Å²) < 4.78 is 17.9. The highest BCUT2D eigenvalue weighted by Gasteiger charge is 2.45. The van der Waals surface area contributed by atoms with Gasteiger partial charge < -0.3 is 15.2 Å². The molecule has 18 heavy (non-hydrogen) atoms. The van der Waals surface area contributed by atoms with Gasteiger partial charge in [-0.3, -0.25) is 4.79 Å². The van der Waals surface area contributed by atoms with Crippen molar-refractivity contribution in [2.75, 3.05) is 26.3 Å². The molecule has 2 N–H and O–H groups in total. The Labute approximate surface area is 105 Å². The first-order valence-electron chi connectivity index (χ1n) is 5.89. The van der Waals surface area contributed by atoms with E-state index in [1.165, 1.54) is 12.1 Å². The molecular weight excluding hydrogens is 237 g/mol. The Kier molecular flexibility index (Phi) is 3.93. The number of carbonyl (C=O) groups is 1. The Hall–Kier alpha value is -1.46. The number of hydrogen-bond donors (Lipinski definition) is 2. The molecule has 0 bridgehead atoms. The van der Waals surface area contributed by atoms with E-state index in [0.717, 1.165) is 5.56 Å². The molecule has 1 aromatic rings. The molecule has 98 valence electrons. The molecule has 0 aliphatic carbocycles. The van der Waals surface area contributed by atoms with E-state index in [9.17, 15) is 9.18 Å². The molecule has 0 radical (unpaired) electrons. The van der Waals surface area contributed by atoms with Crippen molar-refractivity contribution < 1.29 is 19.0 Å². The molecule has 1 aromatic carbocycles. The van der Waals surface area contributed by atoms with E-state index < -0.39 is 11.4 Å². The maximum absolute atomic E-state index is 12.9. The van der Waals surface area contributed by atoms with Crippen LogP contribution in [-0.4, -0.2) is 37.4 Å². The maximum atomic E-state index is 12.9. The first kappa shape index (κ1) is 13.0. The molecule has 0 spiro atoms. The number of carboxylic acids is 1. The summed E-state index contributed by atoms with van der Waals surface area (Å²) in [6.45, 7) is 1.53. The van der Waals surface area contributed by atoms with Crippen molar-refractivity contribution in [1.29, 1.82) is 0 Å². The van der Waals surface area contributed by atoms with Crippen LogP contribution in [0.25, 0.3) is 0 Å². The summed E-state index contributed by atoms with van der Waals surface area (Å²) in [6.07, 6.45) is 0.675. The van der Waals surface area contributed by atoms with E-state index in [1.54, 1.807) is 6.07 Å². The van der Waals surface area contributed by atoms with Crippen LogP contribution in [0.1, 0.15) is 5.56 Å². The van der Waals surface area contributed by atoms with Crippen molar-refractivity contribution >= 4 is 5.97 Å². The minimum atomic E-state index is -0.827. The predicted octanol–water partition coefficient (Wildman–Crippen LogP) is 1.06. The van der Waals surface area contributed by atoms with Crippen LogP contribution in [0.2, 0.25) is 0 Å². The van der Waals surface area contributed by atoms with Crippen LogP contribution in [0.5, 0.6) is 0 Å². The van der Waals surface area contributed by atoms with E-state index in [2.05, 4.69) is 5.32 Å². The molecule has 1 aliphatic rings. The number of ether oxygens (including phenoxy) is 1. The van der Waals surface area contributed by atoms with Crippen LogP contribution >= 0.6 is 0 Å². The number of rotatable bonds is 6. The fraction of sp³-hybridized carbons (Fsp3) is 0.462. The van der Waals surface area contributed by atoms with Crippen molar-refractivity contribution in [3.63, 3.8) is 0 Å². The van der Waals surface area contributed by atoms with Crippen molar-refractivity contribution in [2.24, 2.45) is 5.41 Å². The van der Waals surface area contributed by atoms with E-state index in [1.807, 2.05) is 6.07 Å². The number of carboxylic acid groups (broad SMARTS) is 1. The van der Waals surface area contributed by atoms with Gasteiger partial charge in [-0.2, -0.15) is 0 Å². The lowest BCUT2D eigenvalue weighted by Crippen LogP contribution is -2.55. The molecule has 1 aliphatic heterocycles. The maximum Gasteiger partial charge on any atom is 0.315 e. The Morgan fingerprint density at radius 2 is 2.28 bits per heavy atom. The largest absolute Gasteiger partial charge is 0.481 e. The molecule has 0 atom stereocenters. The van der Waals surface area contributed by atoms with Crippen molar-refractivity contribution in [3.05, 3.63) is 35.6 Å². The van der Waals surface area contributed by atoms with Crippen molar-refractivity contribution in [2.45, 2.75) is 6.42 Å². The highest BCUT2D eigenvalue weighted by Crippen LogP contribution is 2.26. The van der Waals surface area contributed by atoms with Gasteiger partial charge in [-0.05, 0) is 30.7 Å². The fourth-order valence-electron chi connectivity index (χ4n) is 1.90. The summed E-state index contributed by atoms with van der Waals surface area (Å²) in [4.78, 5) is 11.0. The zero-order chi connectivity index (χ0) is 13.0. The lowest BCUT2D eigenvalue weighted by atomic mass is 9.86. The lowest BCUT2D eigenvalue weighted by Gasteiger charge is -2.37. The molecule has 1 saturated heterocycles. The van der Waals surface area contributed by atoms with Gasteiger partial charge in [0.05, 0.1) is 13.2 Å². The van der Waals surface area contributed by atoms with Gasteiger partial charge in [-0.15, -0.1) is 0 Å². The zero-order valence-corrected chi connectivity index (χ0v) is 9.99. The minimum Gasteiger partial charge on any atom is -0.481 e. The quantitative estimate of drug-likeness (QED) is 0.744. The summed E-state index contributed by atoms with van der Waals surface area (Å²) >= 11 is 0. The first-order chi connectivity index (χ1) is 8.62. The van der Waals surface area contributed by atoms with Crippen LogP contribution in [0.4, 0.5) is 4.39 Å². The number of halogens is 1. The average Bonchev–Trinajstić information content (AvgIpc) is 2.26. The molecular formula is C13H16FNO3. The highest BCUT2D eigenvalue weighted by molar-refractivity contribution is 5.76. The topological polar surface area (TPSA) is 58.6 Å². The predicted molar refractivity (Wildman–Crippen MR) is 63.9 cm³/mol. The summed E-state index contributed by atoms with van der Waals surface area (Å²) in [7, 11) is 0. The fourth-order valence-corrected chi connectivity index (χ4v) is 1.90. The summed E-state index contributed by atoms with van der Waals surface area (Å²) in [5.41, 5.74) is 0.124. The van der Waals surface area contributed by atoms with Gasteiger partial charge in [0.1, 0.15) is 11.2 Å². The molecule has 1 fully saturated rings. The minimum absolute atomic E-state index is 0.248. The second kappa shape index (κ2) is 5.46. The van der Waals surface area contributed by atoms with Crippen molar-refractivity contribution in [3.8, 4) is 0 Å². The van der Waals surface area contributed by atoms with Crippen LogP contribution in [-0.2, 0) is 16.0 Å². The van der Waals surface area contributed by atoms with Gasteiger partial charge in [-0.1, -0.05) is 12.1 Å². The van der Waals surface area contributed by atoms with Crippen LogP contribution in [0.3, 0.4) is 0 Å². The van der Waals surface area contributed by atoms with E-state index in [-0.39, 0.29) is 19.0 Å². The summed E-state index contributed by atoms with van der Waals surface area (Å²) in [5, 5.41) is 12.2. The Morgan fingerprint density at radius 3 is 2.83 bits per heavy atom. The highest BCUT2D eigenvalue weighted by atomic mass is 19.1. The van der Waals surface area contributed by atoms with Gasteiger partial charge in [0, 0.05) is 6.54 Å². The molecule has 0 saturated carbocycles. The third-order valence-corrected chi connectivity index (χ3v) is 3.15. The van der Waals surface area contributed by atoms with E-state index in [0.29, 0.717) is 19.5 Å². The Bertz CT molecular complexity index is 432. The summed E-state index contributed by atoms with van der Waals surface area (Å²) in [6, 6.07) is 6.41. The second-order valence-corrected chi connectivity index (χ2v) is 4.63. The Balaban J connectivity index is 1.74. The number of aliphatic carboxylic acids is 1. The molecule has 0 aromatic heterocycles. The van der Waals surface area contributed by atoms with Crippen molar-refractivity contribution in [1.82, 2.24) is 5.32 Å². The number of nitrogens with one attached hydrogen (secondary N) is 1. The van der Waals surface area contributed by atoms with Crippen LogP contribution in [0.15, 0.2) is 24.3 Å². The zero-order valence-electron chi connectivity index (χ0n) is 9.99. The molecule has 5 heteroatoms. The van der Waals surface area contributed by atoms with Crippen LogP contribution in [0, 0.1) is 11.2 Å². The van der Waals surface area contributed by atoms with Crippen LogP contribution < -0.4 is 5.32 Å². The molecule has 0 amide bonds.